The number of hydrogen-bond acceptors (Lipinski definition) is 3. The third kappa shape index (κ3) is 2.72. The highest BCUT2D eigenvalue weighted by Gasteiger charge is 2.26. The van der Waals surface area contributed by atoms with Crippen LogP contribution in [0.2, 0.25) is 0 Å². The summed E-state index contributed by atoms with van der Waals surface area (Å²) >= 11 is 1.79. The van der Waals surface area contributed by atoms with Crippen LogP contribution in [0.15, 0.2) is 59.4 Å². The molecule has 4 heteroatoms. The number of likely N-dealkylation sites (tertiary alicyclic amines) is 1. The van der Waals surface area contributed by atoms with Crippen molar-refractivity contribution in [2.24, 2.45) is 0 Å². The van der Waals surface area contributed by atoms with Gasteiger partial charge in [0.15, 0.2) is 0 Å². The number of nitrogens with zero attached hydrogens (tertiary/aromatic N) is 3. The van der Waals surface area contributed by atoms with Crippen molar-refractivity contribution in [3.8, 4) is 5.69 Å². The predicted octanol–water partition coefficient (Wildman–Crippen LogP) is 4.27. The minimum Gasteiger partial charge on any atom is -0.290 e. The van der Waals surface area contributed by atoms with E-state index in [9.17, 15) is 0 Å². The predicted molar refractivity (Wildman–Crippen MR) is 90.3 cm³/mol. The minimum absolute atomic E-state index is 0.563. The maximum atomic E-state index is 4.74. The van der Waals surface area contributed by atoms with Crippen LogP contribution >= 0.6 is 11.3 Å². The summed E-state index contributed by atoms with van der Waals surface area (Å²) in [5.41, 5.74) is 3.72. The molecule has 0 amide bonds. The molecule has 0 saturated carbocycles. The summed E-state index contributed by atoms with van der Waals surface area (Å²) in [4.78, 5) is 2.56. The molecule has 1 atom stereocenters. The first-order valence-corrected chi connectivity index (χ1v) is 8.70. The molecule has 3 nitrogen and oxygen atoms in total. The fraction of sp³-hybridized carbons (Fsp3) is 0.278. The molecule has 0 bridgehead atoms. The van der Waals surface area contributed by atoms with Gasteiger partial charge in [-0.2, -0.15) is 16.4 Å². The molecule has 3 aromatic rings. The van der Waals surface area contributed by atoms with E-state index in [1.807, 2.05) is 22.9 Å². The molecule has 1 fully saturated rings. The van der Waals surface area contributed by atoms with E-state index < -0.39 is 0 Å². The Kier molecular flexibility index (Phi) is 3.79. The quantitative estimate of drug-likeness (QED) is 0.717. The number of rotatable bonds is 4. The van der Waals surface area contributed by atoms with Gasteiger partial charge in [0.25, 0.3) is 0 Å². The monoisotopic (exact) mass is 309 g/mol. The second-order valence-electron chi connectivity index (χ2n) is 5.77. The zero-order valence-electron chi connectivity index (χ0n) is 12.4. The second kappa shape index (κ2) is 6.07. The molecular weight excluding hydrogens is 290 g/mol. The molecule has 0 radical (unpaired) electrons. The molecule has 112 valence electrons. The summed E-state index contributed by atoms with van der Waals surface area (Å²) in [6.07, 6.45) is 4.59. The Bertz CT molecular complexity index is 718. The van der Waals surface area contributed by atoms with Gasteiger partial charge in [0.2, 0.25) is 0 Å². The fourth-order valence-electron chi connectivity index (χ4n) is 3.24. The van der Waals surface area contributed by atoms with E-state index in [2.05, 4.69) is 46.1 Å². The van der Waals surface area contributed by atoms with Gasteiger partial charge in [-0.05, 0) is 60.0 Å². The van der Waals surface area contributed by atoms with Crippen LogP contribution in [0.3, 0.4) is 0 Å². The van der Waals surface area contributed by atoms with Crippen LogP contribution in [-0.4, -0.2) is 21.2 Å². The number of benzene rings is 1. The van der Waals surface area contributed by atoms with Crippen molar-refractivity contribution in [2.75, 3.05) is 6.54 Å². The van der Waals surface area contributed by atoms with Crippen LogP contribution in [0.1, 0.15) is 30.1 Å². The highest BCUT2D eigenvalue weighted by atomic mass is 32.1. The number of thiophene rings is 1. The van der Waals surface area contributed by atoms with E-state index >= 15 is 0 Å². The van der Waals surface area contributed by atoms with Crippen LogP contribution in [0.25, 0.3) is 5.69 Å². The first-order valence-electron chi connectivity index (χ1n) is 7.76. The zero-order chi connectivity index (χ0) is 14.8. The molecule has 1 aliphatic heterocycles. The van der Waals surface area contributed by atoms with Gasteiger partial charge in [-0.3, -0.25) is 4.90 Å². The molecule has 0 spiro atoms. The Hall–Kier alpha value is -1.91. The summed E-state index contributed by atoms with van der Waals surface area (Å²) in [6.45, 7) is 2.10. The molecule has 0 aliphatic carbocycles. The van der Waals surface area contributed by atoms with E-state index in [4.69, 9.17) is 5.10 Å². The average Bonchev–Trinajstić information content (AvgIpc) is 3.30. The maximum Gasteiger partial charge on any atom is 0.0769 e. The van der Waals surface area contributed by atoms with Crippen molar-refractivity contribution in [1.82, 2.24) is 14.7 Å². The summed E-state index contributed by atoms with van der Waals surface area (Å²) in [5.74, 6) is 0. The third-order valence-corrected chi connectivity index (χ3v) is 5.02. The van der Waals surface area contributed by atoms with Gasteiger partial charge in [0.1, 0.15) is 0 Å². The van der Waals surface area contributed by atoms with Crippen LogP contribution in [0.5, 0.6) is 0 Å². The van der Waals surface area contributed by atoms with Crippen molar-refractivity contribution in [2.45, 2.75) is 25.4 Å². The fourth-order valence-corrected chi connectivity index (χ4v) is 3.94. The maximum absolute atomic E-state index is 4.74. The van der Waals surface area contributed by atoms with Crippen LogP contribution in [0, 0.1) is 0 Å². The Labute approximate surface area is 134 Å². The molecule has 1 unspecified atom stereocenters. The lowest BCUT2D eigenvalue weighted by Gasteiger charge is -2.22. The lowest BCUT2D eigenvalue weighted by Crippen LogP contribution is -2.22. The molecule has 1 saturated heterocycles. The van der Waals surface area contributed by atoms with Gasteiger partial charge in [-0.1, -0.05) is 18.2 Å². The molecule has 1 aliphatic rings. The minimum atomic E-state index is 0.563. The molecule has 0 N–H and O–H groups in total. The molecule has 22 heavy (non-hydrogen) atoms. The van der Waals surface area contributed by atoms with Crippen molar-refractivity contribution < 1.29 is 0 Å². The second-order valence-corrected chi connectivity index (χ2v) is 6.55. The van der Waals surface area contributed by atoms with Crippen molar-refractivity contribution in [3.63, 3.8) is 0 Å². The van der Waals surface area contributed by atoms with E-state index in [1.54, 1.807) is 11.3 Å². The standard InChI is InChI=1S/C18H19N3S/c1-2-5-17(6-3-1)21-11-8-16(19-21)13-20-10-4-7-18(20)15-9-12-22-14-15/h1-3,5-6,8-9,11-12,14,18H,4,7,10,13H2. The van der Waals surface area contributed by atoms with Gasteiger partial charge in [-0.25, -0.2) is 4.68 Å². The summed E-state index contributed by atoms with van der Waals surface area (Å²) < 4.78 is 1.96. The topological polar surface area (TPSA) is 21.1 Å². The number of para-hydroxylation sites is 1. The molecule has 1 aromatic carbocycles. The largest absolute Gasteiger partial charge is 0.290 e. The highest BCUT2D eigenvalue weighted by Crippen LogP contribution is 2.33. The van der Waals surface area contributed by atoms with Crippen LogP contribution in [-0.2, 0) is 6.54 Å². The zero-order valence-corrected chi connectivity index (χ0v) is 13.2. The van der Waals surface area contributed by atoms with Crippen molar-refractivity contribution >= 4 is 11.3 Å². The molecule has 3 heterocycles. The molecule has 4 rings (SSSR count). The third-order valence-electron chi connectivity index (χ3n) is 4.32. The number of aromatic nitrogens is 2. The summed E-state index contributed by atoms with van der Waals surface area (Å²) in [6, 6.07) is 15.2. The van der Waals surface area contributed by atoms with Gasteiger partial charge in [0, 0.05) is 18.8 Å². The normalized spacial score (nSPS) is 18.8. The van der Waals surface area contributed by atoms with Crippen LogP contribution < -0.4 is 0 Å². The van der Waals surface area contributed by atoms with Crippen LogP contribution in [0.4, 0.5) is 0 Å². The van der Waals surface area contributed by atoms with Gasteiger partial charge < -0.3 is 0 Å². The lowest BCUT2D eigenvalue weighted by molar-refractivity contribution is 0.245. The Morgan fingerprint density at radius 3 is 2.86 bits per heavy atom. The number of hydrogen-bond donors (Lipinski definition) is 0. The SMILES string of the molecule is c1ccc(-n2ccc(CN3CCCC3c3ccsc3)n2)cc1. The summed E-state index contributed by atoms with van der Waals surface area (Å²) in [5, 5.41) is 9.20. The van der Waals surface area contributed by atoms with Crippen molar-refractivity contribution in [1.29, 1.82) is 0 Å². The van der Waals surface area contributed by atoms with Gasteiger partial charge in [-0.15, -0.1) is 0 Å². The molecule has 2 aromatic heterocycles. The van der Waals surface area contributed by atoms with E-state index in [0.29, 0.717) is 6.04 Å². The molecular formula is C18H19N3S. The Morgan fingerprint density at radius 2 is 2.05 bits per heavy atom. The average molecular weight is 309 g/mol. The lowest BCUT2D eigenvalue weighted by atomic mass is 10.1. The highest BCUT2D eigenvalue weighted by molar-refractivity contribution is 7.07. The van der Waals surface area contributed by atoms with Gasteiger partial charge >= 0.3 is 0 Å². The van der Waals surface area contributed by atoms with E-state index in [1.165, 1.54) is 24.9 Å². The first kappa shape index (κ1) is 13.7. The van der Waals surface area contributed by atoms with Crippen molar-refractivity contribution in [3.05, 3.63) is 70.7 Å². The Morgan fingerprint density at radius 1 is 1.14 bits per heavy atom. The first-order chi connectivity index (χ1) is 10.9. The Balaban J connectivity index is 1.51. The summed E-state index contributed by atoms with van der Waals surface area (Å²) in [7, 11) is 0. The smallest absolute Gasteiger partial charge is 0.0769 e. The van der Waals surface area contributed by atoms with E-state index in [0.717, 1.165) is 17.9 Å². The van der Waals surface area contributed by atoms with Gasteiger partial charge in [0.05, 0.1) is 11.4 Å². The van der Waals surface area contributed by atoms with E-state index in [-0.39, 0.29) is 0 Å².